The second-order valence-corrected chi connectivity index (χ2v) is 3.77. The number of benzene rings is 2. The molecule has 0 saturated carbocycles. The van der Waals surface area contributed by atoms with Gasteiger partial charge in [0.2, 0.25) is 0 Å². The van der Waals surface area contributed by atoms with Crippen LogP contribution in [0.1, 0.15) is 5.56 Å². The normalized spacial score (nSPS) is 10.1. The van der Waals surface area contributed by atoms with Gasteiger partial charge in [-0.1, -0.05) is 18.2 Å². The predicted octanol–water partition coefficient (Wildman–Crippen LogP) is 3.83. The van der Waals surface area contributed by atoms with Crippen LogP contribution in [0, 0.1) is 22.9 Å². The number of nitro groups is 1. The molecule has 0 bridgehead atoms. The molecule has 0 unspecified atom stereocenters. The molecule has 0 aliphatic rings. The lowest BCUT2D eigenvalue weighted by molar-refractivity contribution is -0.385. The van der Waals surface area contributed by atoms with E-state index in [0.29, 0.717) is 5.75 Å². The molecule has 0 aliphatic carbocycles. The summed E-state index contributed by atoms with van der Waals surface area (Å²) in [5.74, 6) is -0.0545. The summed E-state index contributed by atoms with van der Waals surface area (Å²) in [6.45, 7) is 1.84. The SMILES string of the molecule is Cc1ccccc1Oc1cc(F)cc([N+](=O)[O-])c1. The number of ether oxygens (including phenoxy) is 1. The van der Waals surface area contributed by atoms with Crippen molar-refractivity contribution in [2.24, 2.45) is 0 Å². The Labute approximate surface area is 103 Å². The minimum absolute atomic E-state index is 0.107. The molecule has 0 saturated heterocycles. The van der Waals surface area contributed by atoms with Crippen molar-refractivity contribution in [3.8, 4) is 11.5 Å². The van der Waals surface area contributed by atoms with Crippen LogP contribution in [-0.4, -0.2) is 4.92 Å². The van der Waals surface area contributed by atoms with Crippen LogP contribution in [0.4, 0.5) is 10.1 Å². The van der Waals surface area contributed by atoms with Crippen molar-refractivity contribution in [3.05, 3.63) is 64.0 Å². The number of nitro benzene ring substituents is 1. The van der Waals surface area contributed by atoms with Gasteiger partial charge < -0.3 is 4.74 Å². The van der Waals surface area contributed by atoms with Gasteiger partial charge in [-0.2, -0.15) is 0 Å². The third-order valence-corrected chi connectivity index (χ3v) is 2.39. The van der Waals surface area contributed by atoms with Gasteiger partial charge in [0.25, 0.3) is 5.69 Å². The number of halogens is 1. The van der Waals surface area contributed by atoms with E-state index in [1.54, 1.807) is 12.1 Å². The molecule has 0 N–H and O–H groups in total. The predicted molar refractivity (Wildman–Crippen MR) is 64.3 cm³/mol. The number of rotatable bonds is 3. The van der Waals surface area contributed by atoms with E-state index in [2.05, 4.69) is 0 Å². The maximum absolute atomic E-state index is 13.2. The summed E-state index contributed by atoms with van der Waals surface area (Å²) < 4.78 is 18.6. The van der Waals surface area contributed by atoms with Crippen molar-refractivity contribution in [1.29, 1.82) is 0 Å². The monoisotopic (exact) mass is 247 g/mol. The van der Waals surface area contributed by atoms with E-state index in [1.807, 2.05) is 19.1 Å². The average molecular weight is 247 g/mol. The van der Waals surface area contributed by atoms with E-state index in [1.165, 1.54) is 6.07 Å². The van der Waals surface area contributed by atoms with E-state index in [-0.39, 0.29) is 11.4 Å². The second-order valence-electron chi connectivity index (χ2n) is 3.77. The first-order chi connectivity index (χ1) is 8.56. The minimum Gasteiger partial charge on any atom is -0.457 e. The summed E-state index contributed by atoms with van der Waals surface area (Å²) in [6.07, 6.45) is 0. The standard InChI is InChI=1S/C13H10FNO3/c1-9-4-2-3-5-13(9)18-12-7-10(14)6-11(8-12)15(16)17/h2-8H,1H3. The smallest absolute Gasteiger partial charge is 0.276 e. The number of non-ortho nitro benzene ring substituents is 1. The number of hydrogen-bond acceptors (Lipinski definition) is 3. The lowest BCUT2D eigenvalue weighted by atomic mass is 10.2. The van der Waals surface area contributed by atoms with Crippen LogP contribution < -0.4 is 4.74 Å². The fraction of sp³-hybridized carbons (Fsp3) is 0.0769. The fourth-order valence-corrected chi connectivity index (χ4v) is 1.51. The van der Waals surface area contributed by atoms with Gasteiger partial charge in [0, 0.05) is 6.07 Å². The maximum atomic E-state index is 13.2. The van der Waals surface area contributed by atoms with Crippen molar-refractivity contribution in [2.45, 2.75) is 6.92 Å². The molecule has 0 atom stereocenters. The molecule has 2 aromatic carbocycles. The third kappa shape index (κ3) is 2.63. The minimum atomic E-state index is -0.701. The molecule has 2 rings (SSSR count). The Morgan fingerprint density at radius 2 is 1.94 bits per heavy atom. The van der Waals surface area contributed by atoms with Crippen molar-refractivity contribution >= 4 is 5.69 Å². The quantitative estimate of drug-likeness (QED) is 0.611. The summed E-state index contributed by atoms with van der Waals surface area (Å²) >= 11 is 0. The van der Waals surface area contributed by atoms with Crippen LogP contribution >= 0.6 is 0 Å². The van der Waals surface area contributed by atoms with Gasteiger partial charge in [-0.05, 0) is 18.6 Å². The topological polar surface area (TPSA) is 52.4 Å². The zero-order chi connectivity index (χ0) is 13.1. The summed E-state index contributed by atoms with van der Waals surface area (Å²) in [6, 6.07) is 10.3. The highest BCUT2D eigenvalue weighted by Crippen LogP contribution is 2.28. The first-order valence-electron chi connectivity index (χ1n) is 5.25. The maximum Gasteiger partial charge on any atom is 0.276 e. The van der Waals surface area contributed by atoms with Crippen LogP contribution in [0.2, 0.25) is 0 Å². The first kappa shape index (κ1) is 12.0. The average Bonchev–Trinajstić information content (AvgIpc) is 2.31. The molecule has 0 aliphatic heterocycles. The van der Waals surface area contributed by atoms with Gasteiger partial charge in [-0.3, -0.25) is 10.1 Å². The highest BCUT2D eigenvalue weighted by molar-refractivity contribution is 5.42. The Balaban J connectivity index is 2.35. The number of hydrogen-bond donors (Lipinski definition) is 0. The molecular formula is C13H10FNO3. The second kappa shape index (κ2) is 4.83. The van der Waals surface area contributed by atoms with E-state index in [9.17, 15) is 14.5 Å². The molecular weight excluding hydrogens is 237 g/mol. The van der Waals surface area contributed by atoms with Gasteiger partial charge in [0.05, 0.1) is 17.1 Å². The lowest BCUT2D eigenvalue weighted by Gasteiger charge is -2.08. The zero-order valence-corrected chi connectivity index (χ0v) is 9.59. The van der Waals surface area contributed by atoms with Crippen molar-refractivity contribution in [3.63, 3.8) is 0 Å². The Hall–Kier alpha value is -2.43. The zero-order valence-electron chi connectivity index (χ0n) is 9.59. The Morgan fingerprint density at radius 1 is 1.22 bits per heavy atom. The fourth-order valence-electron chi connectivity index (χ4n) is 1.51. The third-order valence-electron chi connectivity index (χ3n) is 2.39. The molecule has 2 aromatic rings. The van der Waals surface area contributed by atoms with E-state index in [0.717, 1.165) is 17.7 Å². The Morgan fingerprint density at radius 3 is 2.61 bits per heavy atom. The van der Waals surface area contributed by atoms with E-state index < -0.39 is 10.7 Å². The van der Waals surface area contributed by atoms with Gasteiger partial charge in [-0.25, -0.2) is 4.39 Å². The summed E-state index contributed by atoms with van der Waals surface area (Å²) in [4.78, 5) is 9.95. The van der Waals surface area contributed by atoms with Gasteiger partial charge in [-0.15, -0.1) is 0 Å². The van der Waals surface area contributed by atoms with Crippen LogP contribution in [0.25, 0.3) is 0 Å². The van der Waals surface area contributed by atoms with Crippen LogP contribution in [0.5, 0.6) is 11.5 Å². The van der Waals surface area contributed by atoms with Gasteiger partial charge in [0.15, 0.2) is 0 Å². The summed E-state index contributed by atoms with van der Waals surface area (Å²) in [5, 5.41) is 10.6. The van der Waals surface area contributed by atoms with E-state index >= 15 is 0 Å². The molecule has 0 aromatic heterocycles. The molecule has 18 heavy (non-hydrogen) atoms. The first-order valence-corrected chi connectivity index (χ1v) is 5.25. The van der Waals surface area contributed by atoms with Crippen molar-refractivity contribution in [1.82, 2.24) is 0 Å². The molecule has 4 nitrogen and oxygen atoms in total. The van der Waals surface area contributed by atoms with Gasteiger partial charge >= 0.3 is 0 Å². The molecule has 0 radical (unpaired) electrons. The molecule has 0 fully saturated rings. The van der Waals surface area contributed by atoms with Crippen LogP contribution in [0.15, 0.2) is 42.5 Å². The number of aryl methyl sites for hydroxylation is 1. The summed E-state index contributed by atoms with van der Waals surface area (Å²) in [5.41, 5.74) is 0.531. The Kier molecular flexibility index (Phi) is 3.23. The molecule has 0 spiro atoms. The highest BCUT2D eigenvalue weighted by Gasteiger charge is 2.11. The molecule has 92 valence electrons. The number of para-hydroxylation sites is 1. The van der Waals surface area contributed by atoms with Gasteiger partial charge in [0.1, 0.15) is 17.3 Å². The molecule has 0 amide bonds. The highest BCUT2D eigenvalue weighted by atomic mass is 19.1. The van der Waals surface area contributed by atoms with Crippen molar-refractivity contribution in [2.75, 3.05) is 0 Å². The lowest BCUT2D eigenvalue weighted by Crippen LogP contribution is -1.92. The molecule has 5 heteroatoms. The van der Waals surface area contributed by atoms with Crippen LogP contribution in [-0.2, 0) is 0 Å². The van der Waals surface area contributed by atoms with E-state index in [4.69, 9.17) is 4.74 Å². The largest absolute Gasteiger partial charge is 0.457 e. The Bertz CT molecular complexity index is 599. The molecule has 0 heterocycles. The van der Waals surface area contributed by atoms with Crippen LogP contribution in [0.3, 0.4) is 0 Å². The summed E-state index contributed by atoms with van der Waals surface area (Å²) in [7, 11) is 0. The number of nitrogens with zero attached hydrogens (tertiary/aromatic N) is 1. The van der Waals surface area contributed by atoms with Crippen molar-refractivity contribution < 1.29 is 14.1 Å².